The smallest absolute Gasteiger partial charge is 0.125 e. The third-order valence-corrected chi connectivity index (χ3v) is 2.04. The number of nitrogens with zero attached hydrogens (tertiary/aromatic N) is 1. The van der Waals surface area contributed by atoms with E-state index < -0.39 is 6.10 Å². The Hall–Kier alpha value is -1.09. The Kier molecular flexibility index (Phi) is 3.47. The van der Waals surface area contributed by atoms with E-state index in [2.05, 4.69) is 0 Å². The predicted molar refractivity (Wildman–Crippen MR) is 56.1 cm³/mol. The van der Waals surface area contributed by atoms with Gasteiger partial charge >= 0.3 is 0 Å². The highest BCUT2D eigenvalue weighted by molar-refractivity contribution is 5.53. The van der Waals surface area contributed by atoms with E-state index in [1.54, 1.807) is 13.0 Å². The minimum absolute atomic E-state index is 0.247. The summed E-state index contributed by atoms with van der Waals surface area (Å²) in [5, 5.41) is 9.27. The number of aliphatic hydroxyl groups is 1. The standard InChI is InChI=1S/C11H16FNO/c1-8(14)6-9-4-5-10(12)7-11(9)13(2)3/h4-5,7-8,14H,6H2,1-3H3. The second kappa shape index (κ2) is 4.42. The summed E-state index contributed by atoms with van der Waals surface area (Å²) in [5.41, 5.74) is 1.79. The summed E-state index contributed by atoms with van der Waals surface area (Å²) in [6.45, 7) is 1.72. The molecular weight excluding hydrogens is 181 g/mol. The molecule has 14 heavy (non-hydrogen) atoms. The number of rotatable bonds is 3. The molecule has 0 fully saturated rings. The fourth-order valence-electron chi connectivity index (χ4n) is 1.44. The Morgan fingerprint density at radius 2 is 2.07 bits per heavy atom. The molecule has 0 bridgehead atoms. The average molecular weight is 197 g/mol. The zero-order chi connectivity index (χ0) is 10.7. The van der Waals surface area contributed by atoms with Gasteiger partial charge in [0.15, 0.2) is 0 Å². The summed E-state index contributed by atoms with van der Waals surface area (Å²) >= 11 is 0. The SMILES string of the molecule is CC(O)Cc1ccc(F)cc1N(C)C. The van der Waals surface area contributed by atoms with Gasteiger partial charge in [0, 0.05) is 26.2 Å². The van der Waals surface area contributed by atoms with Crippen LogP contribution in [0.3, 0.4) is 0 Å². The van der Waals surface area contributed by atoms with Crippen molar-refractivity contribution < 1.29 is 9.50 Å². The topological polar surface area (TPSA) is 23.5 Å². The Labute approximate surface area is 84.0 Å². The highest BCUT2D eigenvalue weighted by Gasteiger charge is 2.08. The van der Waals surface area contributed by atoms with Gasteiger partial charge in [0.1, 0.15) is 5.82 Å². The van der Waals surface area contributed by atoms with E-state index in [1.807, 2.05) is 19.0 Å². The van der Waals surface area contributed by atoms with Crippen LogP contribution in [0.5, 0.6) is 0 Å². The molecule has 0 heterocycles. The molecule has 0 amide bonds. The van der Waals surface area contributed by atoms with Crippen LogP contribution in [0.15, 0.2) is 18.2 Å². The molecule has 0 saturated carbocycles. The lowest BCUT2D eigenvalue weighted by molar-refractivity contribution is 0.195. The maximum Gasteiger partial charge on any atom is 0.125 e. The van der Waals surface area contributed by atoms with Crippen LogP contribution in [0.2, 0.25) is 0 Å². The maximum atomic E-state index is 13.0. The van der Waals surface area contributed by atoms with Gasteiger partial charge in [0.05, 0.1) is 6.10 Å². The first-order valence-electron chi connectivity index (χ1n) is 4.64. The number of hydrogen-bond acceptors (Lipinski definition) is 2. The summed E-state index contributed by atoms with van der Waals surface area (Å²) in [6.07, 6.45) is 0.146. The Morgan fingerprint density at radius 3 is 2.57 bits per heavy atom. The maximum absolute atomic E-state index is 13.0. The summed E-state index contributed by atoms with van der Waals surface area (Å²) < 4.78 is 13.0. The van der Waals surface area contributed by atoms with E-state index in [4.69, 9.17) is 0 Å². The monoisotopic (exact) mass is 197 g/mol. The number of aliphatic hydroxyl groups excluding tert-OH is 1. The lowest BCUT2D eigenvalue weighted by Crippen LogP contribution is -2.14. The molecule has 1 aromatic carbocycles. The molecule has 0 saturated heterocycles. The number of anilines is 1. The molecule has 78 valence electrons. The molecule has 0 aromatic heterocycles. The normalized spacial score (nSPS) is 12.6. The zero-order valence-electron chi connectivity index (χ0n) is 8.79. The van der Waals surface area contributed by atoms with E-state index in [-0.39, 0.29) is 5.82 Å². The van der Waals surface area contributed by atoms with Crippen LogP contribution in [-0.2, 0) is 6.42 Å². The van der Waals surface area contributed by atoms with Crippen LogP contribution in [0.25, 0.3) is 0 Å². The largest absolute Gasteiger partial charge is 0.393 e. The molecule has 1 aromatic rings. The molecule has 1 N–H and O–H groups in total. The van der Waals surface area contributed by atoms with Crippen LogP contribution < -0.4 is 4.90 Å². The van der Waals surface area contributed by atoms with Crippen molar-refractivity contribution in [2.45, 2.75) is 19.4 Å². The summed E-state index contributed by atoms with van der Waals surface area (Å²) in [5.74, 6) is -0.247. The minimum atomic E-state index is -0.404. The summed E-state index contributed by atoms with van der Waals surface area (Å²) in [7, 11) is 3.72. The van der Waals surface area contributed by atoms with E-state index >= 15 is 0 Å². The van der Waals surface area contributed by atoms with Crippen molar-refractivity contribution in [2.75, 3.05) is 19.0 Å². The fourth-order valence-corrected chi connectivity index (χ4v) is 1.44. The Morgan fingerprint density at radius 1 is 1.43 bits per heavy atom. The number of benzene rings is 1. The van der Waals surface area contributed by atoms with E-state index in [9.17, 15) is 9.50 Å². The molecule has 0 radical (unpaired) electrons. The molecule has 0 aliphatic rings. The van der Waals surface area contributed by atoms with Crippen molar-refractivity contribution in [3.63, 3.8) is 0 Å². The number of halogens is 1. The highest BCUT2D eigenvalue weighted by Crippen LogP contribution is 2.21. The third kappa shape index (κ3) is 2.70. The molecule has 3 heteroatoms. The van der Waals surface area contributed by atoms with Crippen LogP contribution in [0, 0.1) is 5.82 Å². The molecule has 1 unspecified atom stereocenters. The molecule has 0 aliphatic heterocycles. The third-order valence-electron chi connectivity index (χ3n) is 2.04. The summed E-state index contributed by atoms with van der Waals surface area (Å²) in [6, 6.07) is 4.62. The van der Waals surface area contributed by atoms with Gasteiger partial charge in [-0.1, -0.05) is 6.07 Å². The van der Waals surface area contributed by atoms with Crippen molar-refractivity contribution in [3.05, 3.63) is 29.6 Å². The highest BCUT2D eigenvalue weighted by atomic mass is 19.1. The first kappa shape index (κ1) is 11.0. The van der Waals surface area contributed by atoms with Crippen LogP contribution in [0.1, 0.15) is 12.5 Å². The van der Waals surface area contributed by atoms with E-state index in [1.165, 1.54) is 12.1 Å². The fraction of sp³-hybridized carbons (Fsp3) is 0.455. The molecule has 1 rings (SSSR count). The van der Waals surface area contributed by atoms with Crippen LogP contribution >= 0.6 is 0 Å². The van der Waals surface area contributed by atoms with E-state index in [0.717, 1.165) is 11.3 Å². The van der Waals surface area contributed by atoms with Gasteiger partial charge in [0.25, 0.3) is 0 Å². The van der Waals surface area contributed by atoms with Crippen LogP contribution in [-0.4, -0.2) is 25.3 Å². The lowest BCUT2D eigenvalue weighted by Gasteiger charge is -2.18. The van der Waals surface area contributed by atoms with Crippen LogP contribution in [0.4, 0.5) is 10.1 Å². The quantitative estimate of drug-likeness (QED) is 0.799. The van der Waals surface area contributed by atoms with Gasteiger partial charge in [-0.2, -0.15) is 0 Å². The predicted octanol–water partition coefficient (Wildman–Crippen LogP) is 1.81. The average Bonchev–Trinajstić information content (AvgIpc) is 2.07. The van der Waals surface area contributed by atoms with Gasteiger partial charge in [0.2, 0.25) is 0 Å². The zero-order valence-corrected chi connectivity index (χ0v) is 8.79. The molecule has 0 spiro atoms. The Balaban J connectivity index is 3.02. The Bertz CT molecular complexity index is 310. The minimum Gasteiger partial charge on any atom is -0.393 e. The van der Waals surface area contributed by atoms with Crippen molar-refractivity contribution in [1.29, 1.82) is 0 Å². The van der Waals surface area contributed by atoms with Gasteiger partial charge in [-0.15, -0.1) is 0 Å². The van der Waals surface area contributed by atoms with Crippen molar-refractivity contribution in [1.82, 2.24) is 0 Å². The van der Waals surface area contributed by atoms with Crippen molar-refractivity contribution in [3.8, 4) is 0 Å². The molecule has 0 aliphatic carbocycles. The first-order valence-corrected chi connectivity index (χ1v) is 4.64. The molecular formula is C11H16FNO. The van der Waals surface area contributed by atoms with Gasteiger partial charge in [-0.3, -0.25) is 0 Å². The molecule has 1 atom stereocenters. The van der Waals surface area contributed by atoms with Crippen molar-refractivity contribution in [2.24, 2.45) is 0 Å². The summed E-state index contributed by atoms with van der Waals surface area (Å²) in [4.78, 5) is 1.85. The number of hydrogen-bond donors (Lipinski definition) is 1. The molecule has 2 nitrogen and oxygen atoms in total. The second-order valence-electron chi connectivity index (χ2n) is 3.72. The first-order chi connectivity index (χ1) is 6.50. The van der Waals surface area contributed by atoms with Gasteiger partial charge < -0.3 is 10.0 Å². The van der Waals surface area contributed by atoms with E-state index in [0.29, 0.717) is 6.42 Å². The lowest BCUT2D eigenvalue weighted by atomic mass is 10.1. The van der Waals surface area contributed by atoms with Crippen molar-refractivity contribution >= 4 is 5.69 Å². The van der Waals surface area contributed by atoms with Gasteiger partial charge in [-0.25, -0.2) is 4.39 Å². The van der Waals surface area contributed by atoms with Gasteiger partial charge in [-0.05, 0) is 24.6 Å². The second-order valence-corrected chi connectivity index (χ2v) is 3.72.